The summed E-state index contributed by atoms with van der Waals surface area (Å²) in [5.74, 6) is -2.69. The van der Waals surface area contributed by atoms with Gasteiger partial charge in [0.1, 0.15) is 5.75 Å². The molecular weight excluding hydrogens is 513 g/mol. The van der Waals surface area contributed by atoms with E-state index in [2.05, 4.69) is 17.1 Å². The van der Waals surface area contributed by atoms with Crippen LogP contribution in [0.15, 0.2) is 78.9 Å². The van der Waals surface area contributed by atoms with Crippen molar-refractivity contribution < 1.29 is 37.7 Å². The summed E-state index contributed by atoms with van der Waals surface area (Å²) < 4.78 is 37.8. The van der Waals surface area contributed by atoms with Crippen molar-refractivity contribution in [2.75, 3.05) is 0 Å². The molecule has 1 heterocycles. The zero-order chi connectivity index (χ0) is 28.7. The van der Waals surface area contributed by atoms with E-state index in [-0.39, 0.29) is 5.56 Å². The lowest BCUT2D eigenvalue weighted by Gasteiger charge is -2.12. The molecule has 0 fully saturated rings. The number of alkyl halides is 3. The van der Waals surface area contributed by atoms with Gasteiger partial charge < -0.3 is 20.7 Å². The summed E-state index contributed by atoms with van der Waals surface area (Å²) in [4.78, 5) is 25.2. The monoisotopic (exact) mass is 538 g/mol. The maximum atomic E-state index is 11.7. The van der Waals surface area contributed by atoms with E-state index in [9.17, 15) is 23.1 Å². The van der Waals surface area contributed by atoms with Gasteiger partial charge >= 0.3 is 18.1 Å². The Balaban J connectivity index is 0.000000532. The lowest BCUT2D eigenvalue weighted by molar-refractivity contribution is -0.192. The average molecular weight is 539 g/mol. The first-order valence-corrected chi connectivity index (χ1v) is 11.6. The van der Waals surface area contributed by atoms with Gasteiger partial charge in [-0.1, -0.05) is 48.0 Å². The number of nitrogens with two attached hydrogens (primary N) is 1. The van der Waals surface area contributed by atoms with Crippen LogP contribution in [0.3, 0.4) is 0 Å². The van der Waals surface area contributed by atoms with Gasteiger partial charge in [-0.25, -0.2) is 14.6 Å². The normalized spacial score (nSPS) is 10.8. The smallest absolute Gasteiger partial charge is 0.478 e. The summed E-state index contributed by atoms with van der Waals surface area (Å²) >= 11 is 0. The van der Waals surface area contributed by atoms with E-state index in [4.69, 9.17) is 20.4 Å². The van der Waals surface area contributed by atoms with E-state index in [0.717, 1.165) is 27.8 Å². The summed E-state index contributed by atoms with van der Waals surface area (Å²) in [5, 5.41) is 16.7. The van der Waals surface area contributed by atoms with E-state index in [1.807, 2.05) is 56.3 Å². The zero-order valence-electron chi connectivity index (χ0n) is 21.0. The third kappa shape index (κ3) is 7.89. The highest BCUT2D eigenvalue weighted by molar-refractivity contribution is 5.95. The van der Waals surface area contributed by atoms with Gasteiger partial charge in [-0.05, 0) is 66.4 Å². The molecule has 0 atom stereocenters. The van der Waals surface area contributed by atoms with Crippen LogP contribution in [0.2, 0.25) is 0 Å². The number of nitrogens with zero attached hydrogens (tertiary/aromatic N) is 1. The van der Waals surface area contributed by atoms with E-state index < -0.39 is 18.1 Å². The van der Waals surface area contributed by atoms with Gasteiger partial charge in [0.2, 0.25) is 5.88 Å². The third-order valence-electron chi connectivity index (χ3n) is 5.42. The highest BCUT2D eigenvalue weighted by Gasteiger charge is 2.38. The number of aryl methyl sites for hydroxylation is 2. The molecule has 0 saturated heterocycles. The fourth-order valence-corrected chi connectivity index (χ4v) is 3.65. The molecular formula is C29H25F3N2O5. The molecule has 0 saturated carbocycles. The lowest BCUT2D eigenvalue weighted by atomic mass is 10.0. The van der Waals surface area contributed by atoms with Crippen molar-refractivity contribution in [1.29, 1.82) is 0 Å². The quantitative estimate of drug-likeness (QED) is 0.252. The van der Waals surface area contributed by atoms with Crippen molar-refractivity contribution in [2.45, 2.75) is 26.6 Å². The molecule has 0 aliphatic carbocycles. The molecule has 1 aromatic heterocycles. The van der Waals surface area contributed by atoms with Crippen LogP contribution in [0, 0.1) is 13.8 Å². The summed E-state index contributed by atoms with van der Waals surface area (Å²) in [6, 6.07) is 24.8. The number of hydrogen-bond donors (Lipinski definition) is 3. The molecule has 4 aromatic rings. The Bertz CT molecular complexity index is 1500. The van der Waals surface area contributed by atoms with Gasteiger partial charge in [-0.15, -0.1) is 0 Å². The first-order chi connectivity index (χ1) is 18.4. The summed E-state index contributed by atoms with van der Waals surface area (Å²) in [6.45, 7) is 4.36. The second kappa shape index (κ2) is 12.2. The van der Waals surface area contributed by atoms with Crippen LogP contribution in [-0.2, 0) is 11.3 Å². The number of carbonyl (C=O) groups is 2. The average Bonchev–Trinajstić information content (AvgIpc) is 2.88. The number of rotatable bonds is 6. The Morgan fingerprint density at radius 2 is 1.56 bits per heavy atom. The minimum atomic E-state index is -5.08. The number of pyridine rings is 1. The Labute approximate surface area is 222 Å². The number of carboxylic acids is 2. The SMILES string of the molecule is Cc1cc(Oc2cccc(-c3ccc(C)cc3C(=O)O)n2)cc(-c2cccc(CN)c2)c1.O=C(O)C(F)(F)F. The van der Waals surface area contributed by atoms with Crippen LogP contribution in [0.4, 0.5) is 13.2 Å². The molecule has 3 aromatic carbocycles. The van der Waals surface area contributed by atoms with Gasteiger partial charge in [0, 0.05) is 18.2 Å². The topological polar surface area (TPSA) is 123 Å². The summed E-state index contributed by atoms with van der Waals surface area (Å²) in [6.07, 6.45) is -5.08. The third-order valence-corrected chi connectivity index (χ3v) is 5.42. The van der Waals surface area contributed by atoms with Crippen LogP contribution in [0.5, 0.6) is 11.6 Å². The fraction of sp³-hybridized carbons (Fsp3) is 0.138. The van der Waals surface area contributed by atoms with Crippen molar-refractivity contribution in [3.05, 3.63) is 101 Å². The Morgan fingerprint density at radius 1 is 0.872 bits per heavy atom. The van der Waals surface area contributed by atoms with Crippen molar-refractivity contribution in [1.82, 2.24) is 4.98 Å². The van der Waals surface area contributed by atoms with Gasteiger partial charge in [-0.3, -0.25) is 0 Å². The van der Waals surface area contributed by atoms with Crippen LogP contribution in [0.1, 0.15) is 27.0 Å². The van der Waals surface area contributed by atoms with Crippen LogP contribution < -0.4 is 10.5 Å². The minimum absolute atomic E-state index is 0.215. The van der Waals surface area contributed by atoms with E-state index in [1.54, 1.807) is 24.3 Å². The van der Waals surface area contributed by atoms with Crippen LogP contribution in [0.25, 0.3) is 22.4 Å². The number of aromatic nitrogens is 1. The molecule has 7 nitrogen and oxygen atoms in total. The molecule has 0 radical (unpaired) electrons. The first-order valence-electron chi connectivity index (χ1n) is 11.6. The number of hydrogen-bond acceptors (Lipinski definition) is 5. The second-order valence-corrected chi connectivity index (χ2v) is 8.56. The van der Waals surface area contributed by atoms with Gasteiger partial charge in [-0.2, -0.15) is 13.2 Å². The molecule has 39 heavy (non-hydrogen) atoms. The largest absolute Gasteiger partial charge is 0.490 e. The molecule has 0 aliphatic heterocycles. The number of aromatic carboxylic acids is 1. The Hall–Kier alpha value is -4.70. The maximum Gasteiger partial charge on any atom is 0.490 e. The van der Waals surface area contributed by atoms with Crippen molar-refractivity contribution in [3.8, 4) is 34.0 Å². The highest BCUT2D eigenvalue weighted by Crippen LogP contribution is 2.31. The Kier molecular flexibility index (Phi) is 9.05. The molecule has 0 bridgehead atoms. The molecule has 202 valence electrons. The standard InChI is InChI=1S/C27H24N2O3.C2HF3O2/c1-17-9-10-23(24(13-17)27(30)31)25-7-4-8-26(29-25)32-22-12-18(2)11-21(15-22)20-6-3-5-19(14-20)16-28;3-2(4,5)1(6)7/h3-15H,16,28H2,1-2H3,(H,30,31);(H,6,7). The predicted octanol–water partition coefficient (Wildman–Crippen LogP) is 6.61. The molecule has 0 spiro atoms. The van der Waals surface area contributed by atoms with Crippen LogP contribution in [-0.4, -0.2) is 33.3 Å². The molecule has 0 unspecified atom stereocenters. The van der Waals surface area contributed by atoms with E-state index in [0.29, 0.717) is 29.4 Å². The fourth-order valence-electron chi connectivity index (χ4n) is 3.65. The van der Waals surface area contributed by atoms with Crippen molar-refractivity contribution in [2.24, 2.45) is 5.73 Å². The van der Waals surface area contributed by atoms with E-state index >= 15 is 0 Å². The number of halogens is 3. The summed E-state index contributed by atoms with van der Waals surface area (Å²) in [5.41, 5.74) is 12.2. The predicted molar refractivity (Wildman–Crippen MR) is 140 cm³/mol. The maximum absolute atomic E-state index is 11.7. The number of ether oxygens (including phenoxy) is 1. The van der Waals surface area contributed by atoms with Gasteiger partial charge in [0.15, 0.2) is 0 Å². The second-order valence-electron chi connectivity index (χ2n) is 8.56. The van der Waals surface area contributed by atoms with Crippen molar-refractivity contribution in [3.63, 3.8) is 0 Å². The highest BCUT2D eigenvalue weighted by atomic mass is 19.4. The van der Waals surface area contributed by atoms with Crippen LogP contribution >= 0.6 is 0 Å². The Morgan fingerprint density at radius 3 is 2.21 bits per heavy atom. The number of benzene rings is 3. The van der Waals surface area contributed by atoms with Crippen molar-refractivity contribution >= 4 is 11.9 Å². The lowest BCUT2D eigenvalue weighted by Crippen LogP contribution is -2.21. The molecule has 0 amide bonds. The van der Waals surface area contributed by atoms with E-state index in [1.165, 1.54) is 0 Å². The first kappa shape index (κ1) is 28.9. The molecule has 4 N–H and O–H groups in total. The number of carboxylic acid groups (broad SMARTS) is 2. The zero-order valence-corrected chi connectivity index (χ0v) is 21.0. The molecule has 0 aliphatic rings. The van der Waals surface area contributed by atoms with Gasteiger partial charge in [0.25, 0.3) is 0 Å². The molecule has 4 rings (SSSR count). The van der Waals surface area contributed by atoms with Gasteiger partial charge in [0.05, 0.1) is 11.3 Å². The molecule has 10 heteroatoms. The summed E-state index contributed by atoms with van der Waals surface area (Å²) in [7, 11) is 0. The number of aliphatic carboxylic acids is 1. The minimum Gasteiger partial charge on any atom is -0.478 e.